The Kier molecular flexibility index (Phi) is 3.42. The molecule has 1 rings (SSSR count). The molecular weight excluding hydrogens is 198 g/mol. The maximum absolute atomic E-state index is 12.5. The number of nitrogens with zero attached hydrogens (tertiary/aromatic N) is 1. The molecule has 0 saturated carbocycles. The van der Waals surface area contributed by atoms with Crippen LogP contribution in [0.1, 0.15) is 54.9 Å². The zero-order valence-corrected chi connectivity index (χ0v) is 11.9. The number of hydrogen-bond acceptors (Lipinski definition) is 1. The third-order valence-corrected chi connectivity index (χ3v) is 4.85. The topological polar surface area (TPSA) is 20.3 Å². The minimum atomic E-state index is -0.222. The van der Waals surface area contributed by atoms with Gasteiger partial charge in [0.2, 0.25) is 5.91 Å². The fourth-order valence-corrected chi connectivity index (χ4v) is 3.43. The lowest BCUT2D eigenvalue weighted by Crippen LogP contribution is -2.42. The summed E-state index contributed by atoms with van der Waals surface area (Å²) >= 11 is 0. The van der Waals surface area contributed by atoms with Crippen molar-refractivity contribution >= 4 is 5.91 Å². The molecule has 2 nitrogen and oxygen atoms in total. The number of carbonyl (C=O) groups excluding carboxylic acids is 1. The molecule has 1 amide bonds. The highest BCUT2D eigenvalue weighted by molar-refractivity contribution is 5.85. The van der Waals surface area contributed by atoms with Gasteiger partial charge in [0, 0.05) is 18.0 Å². The molecule has 1 unspecified atom stereocenters. The van der Waals surface area contributed by atoms with E-state index in [1.807, 2.05) is 0 Å². The summed E-state index contributed by atoms with van der Waals surface area (Å²) in [6.07, 6.45) is 1.08. The van der Waals surface area contributed by atoms with E-state index in [1.165, 1.54) is 0 Å². The molecule has 94 valence electrons. The summed E-state index contributed by atoms with van der Waals surface area (Å²) in [7, 11) is 0. The van der Waals surface area contributed by atoms with Gasteiger partial charge in [-0.3, -0.25) is 4.79 Å². The molecule has 0 aromatic carbocycles. The summed E-state index contributed by atoms with van der Waals surface area (Å²) in [6.45, 7) is 16.1. The van der Waals surface area contributed by atoms with Gasteiger partial charge in [-0.05, 0) is 26.2 Å². The lowest BCUT2D eigenvalue weighted by molar-refractivity contribution is -0.138. The smallest absolute Gasteiger partial charge is 0.229 e. The summed E-state index contributed by atoms with van der Waals surface area (Å²) in [5.41, 5.74) is -0.0887. The molecule has 1 saturated heterocycles. The molecule has 16 heavy (non-hydrogen) atoms. The van der Waals surface area contributed by atoms with Crippen molar-refractivity contribution in [3.05, 3.63) is 0 Å². The number of hydrogen-bond donors (Lipinski definition) is 0. The third-order valence-electron chi connectivity index (χ3n) is 4.85. The Morgan fingerprint density at radius 2 is 1.75 bits per heavy atom. The van der Waals surface area contributed by atoms with Crippen LogP contribution in [0.25, 0.3) is 0 Å². The standard InChI is InChI=1S/C14H27NO/c1-8-14(10(2)3)9-15(11(4)5)12(16)13(14,6)7/h10-11H,8-9H2,1-7H3. The van der Waals surface area contributed by atoms with Gasteiger partial charge in [0.05, 0.1) is 5.41 Å². The number of carbonyl (C=O) groups is 1. The normalized spacial score (nSPS) is 29.6. The minimum Gasteiger partial charge on any atom is -0.339 e. The van der Waals surface area contributed by atoms with E-state index < -0.39 is 0 Å². The van der Waals surface area contributed by atoms with E-state index in [0.29, 0.717) is 17.9 Å². The second kappa shape index (κ2) is 4.05. The van der Waals surface area contributed by atoms with Crippen LogP contribution in [0.3, 0.4) is 0 Å². The van der Waals surface area contributed by atoms with Crippen LogP contribution in [0.15, 0.2) is 0 Å². The molecule has 0 aromatic heterocycles. The highest BCUT2D eigenvalue weighted by Crippen LogP contribution is 2.54. The molecule has 0 aliphatic carbocycles. The summed E-state index contributed by atoms with van der Waals surface area (Å²) < 4.78 is 0. The number of likely N-dealkylation sites (tertiary alicyclic amines) is 1. The van der Waals surface area contributed by atoms with Crippen molar-refractivity contribution in [3.63, 3.8) is 0 Å². The van der Waals surface area contributed by atoms with Gasteiger partial charge in [0.15, 0.2) is 0 Å². The molecule has 1 fully saturated rings. The van der Waals surface area contributed by atoms with Gasteiger partial charge in [-0.2, -0.15) is 0 Å². The molecule has 0 spiro atoms. The summed E-state index contributed by atoms with van der Waals surface area (Å²) in [4.78, 5) is 14.5. The Hall–Kier alpha value is -0.530. The monoisotopic (exact) mass is 225 g/mol. The first-order valence-electron chi connectivity index (χ1n) is 6.51. The molecule has 0 N–H and O–H groups in total. The SMILES string of the molecule is CCC1(C(C)C)CN(C(C)C)C(=O)C1(C)C. The number of amides is 1. The Balaban J connectivity index is 3.18. The van der Waals surface area contributed by atoms with Crippen molar-refractivity contribution in [2.24, 2.45) is 16.7 Å². The van der Waals surface area contributed by atoms with Crippen molar-refractivity contribution in [2.45, 2.75) is 60.9 Å². The largest absolute Gasteiger partial charge is 0.339 e. The van der Waals surface area contributed by atoms with Crippen LogP contribution in [0.4, 0.5) is 0 Å². The summed E-state index contributed by atoms with van der Waals surface area (Å²) in [5, 5.41) is 0. The Labute approximate surface area is 100 Å². The quantitative estimate of drug-likeness (QED) is 0.721. The molecule has 0 radical (unpaired) electrons. The van der Waals surface area contributed by atoms with Gasteiger partial charge in [0.25, 0.3) is 0 Å². The van der Waals surface area contributed by atoms with Gasteiger partial charge in [-0.1, -0.05) is 34.6 Å². The highest BCUT2D eigenvalue weighted by Gasteiger charge is 2.58. The average molecular weight is 225 g/mol. The molecule has 0 aromatic rings. The zero-order chi connectivity index (χ0) is 12.7. The van der Waals surface area contributed by atoms with E-state index in [-0.39, 0.29) is 10.8 Å². The Morgan fingerprint density at radius 1 is 1.25 bits per heavy atom. The Morgan fingerprint density at radius 3 is 1.94 bits per heavy atom. The van der Waals surface area contributed by atoms with E-state index in [9.17, 15) is 4.79 Å². The van der Waals surface area contributed by atoms with E-state index in [2.05, 4.69) is 53.4 Å². The van der Waals surface area contributed by atoms with Gasteiger partial charge in [-0.15, -0.1) is 0 Å². The maximum Gasteiger partial charge on any atom is 0.229 e. The fraction of sp³-hybridized carbons (Fsp3) is 0.929. The first-order valence-corrected chi connectivity index (χ1v) is 6.51. The second-order valence-corrected chi connectivity index (χ2v) is 6.32. The molecule has 1 aliphatic heterocycles. The average Bonchev–Trinajstić information content (AvgIpc) is 2.37. The first kappa shape index (κ1) is 13.5. The van der Waals surface area contributed by atoms with Crippen LogP contribution in [0, 0.1) is 16.7 Å². The lowest BCUT2D eigenvalue weighted by atomic mass is 9.60. The van der Waals surface area contributed by atoms with Crippen molar-refractivity contribution in [1.29, 1.82) is 0 Å². The molecule has 2 heteroatoms. The van der Waals surface area contributed by atoms with Crippen LogP contribution in [-0.2, 0) is 4.79 Å². The van der Waals surface area contributed by atoms with E-state index in [1.54, 1.807) is 0 Å². The molecule has 1 atom stereocenters. The van der Waals surface area contributed by atoms with E-state index in [4.69, 9.17) is 0 Å². The second-order valence-electron chi connectivity index (χ2n) is 6.32. The van der Waals surface area contributed by atoms with Crippen molar-refractivity contribution in [1.82, 2.24) is 4.90 Å². The van der Waals surface area contributed by atoms with Crippen LogP contribution in [0.5, 0.6) is 0 Å². The zero-order valence-electron chi connectivity index (χ0n) is 11.9. The summed E-state index contributed by atoms with van der Waals surface area (Å²) in [5.74, 6) is 0.873. The van der Waals surface area contributed by atoms with Crippen LogP contribution in [-0.4, -0.2) is 23.4 Å². The van der Waals surface area contributed by atoms with Crippen molar-refractivity contribution < 1.29 is 4.79 Å². The predicted molar refractivity (Wildman–Crippen MR) is 68.2 cm³/mol. The van der Waals surface area contributed by atoms with Crippen LogP contribution < -0.4 is 0 Å². The van der Waals surface area contributed by atoms with Crippen molar-refractivity contribution in [3.8, 4) is 0 Å². The molecule has 1 heterocycles. The van der Waals surface area contributed by atoms with Gasteiger partial charge < -0.3 is 4.90 Å². The maximum atomic E-state index is 12.5. The minimum absolute atomic E-state index is 0.133. The molecule has 1 aliphatic rings. The van der Waals surface area contributed by atoms with Gasteiger partial charge in [0.1, 0.15) is 0 Å². The van der Waals surface area contributed by atoms with E-state index >= 15 is 0 Å². The molecular formula is C14H27NO. The van der Waals surface area contributed by atoms with Crippen LogP contribution in [0.2, 0.25) is 0 Å². The first-order chi connectivity index (χ1) is 7.20. The number of rotatable bonds is 3. The van der Waals surface area contributed by atoms with Gasteiger partial charge >= 0.3 is 0 Å². The van der Waals surface area contributed by atoms with Gasteiger partial charge in [-0.25, -0.2) is 0 Å². The van der Waals surface area contributed by atoms with Crippen molar-refractivity contribution in [2.75, 3.05) is 6.54 Å². The third kappa shape index (κ3) is 1.57. The van der Waals surface area contributed by atoms with E-state index in [0.717, 1.165) is 13.0 Å². The predicted octanol–water partition coefficient (Wildman–Crippen LogP) is 3.32. The highest BCUT2D eigenvalue weighted by atomic mass is 16.2. The van der Waals surface area contributed by atoms with Crippen LogP contribution >= 0.6 is 0 Å². The fourth-order valence-electron chi connectivity index (χ4n) is 3.43. The summed E-state index contributed by atoms with van der Waals surface area (Å²) in [6, 6.07) is 0.318. The Bertz CT molecular complexity index is 280. The molecule has 0 bridgehead atoms. The lowest BCUT2D eigenvalue weighted by Gasteiger charge is -2.41.